The number of hydrogen-bond donors (Lipinski definition) is 2. The van der Waals surface area contributed by atoms with Crippen LogP contribution in [0.5, 0.6) is 0 Å². The van der Waals surface area contributed by atoms with Gasteiger partial charge in [-0.2, -0.15) is 0 Å². The molecule has 1 saturated heterocycles. The van der Waals surface area contributed by atoms with Crippen molar-refractivity contribution in [2.45, 2.75) is 52.0 Å². The number of nitrogens with one attached hydrogen (secondary N) is 1. The van der Waals surface area contributed by atoms with Gasteiger partial charge < -0.3 is 11.1 Å². The molecule has 3 N–H and O–H groups in total. The van der Waals surface area contributed by atoms with Crippen molar-refractivity contribution in [2.24, 2.45) is 17.1 Å². The quantitative estimate of drug-likeness (QED) is 0.775. The van der Waals surface area contributed by atoms with Crippen LogP contribution in [0.3, 0.4) is 0 Å². The third kappa shape index (κ3) is 3.92. The molecular weight excluding hydrogens is 270 g/mol. The zero-order valence-corrected chi connectivity index (χ0v) is 13.5. The van der Waals surface area contributed by atoms with E-state index in [0.29, 0.717) is 17.6 Å². The number of thiocarbonyl (C=S) groups is 1. The maximum atomic E-state index is 12.4. The molecule has 0 aromatic heterocycles. The number of nitrogens with two attached hydrogens (primary N) is 1. The second-order valence-electron chi connectivity index (χ2n) is 6.96. The number of nitrogens with zero attached hydrogens (tertiary/aromatic N) is 1. The Morgan fingerprint density at radius 1 is 1.35 bits per heavy atom. The zero-order valence-electron chi connectivity index (χ0n) is 12.7. The summed E-state index contributed by atoms with van der Waals surface area (Å²) in [5, 5.41) is 3.26. The SMILES string of the molecule is CC1(C)CCCC1C(=O)NC1CCN(CC(N)=S)CC1. The summed E-state index contributed by atoms with van der Waals surface area (Å²) in [6.45, 7) is 7.07. The van der Waals surface area contributed by atoms with E-state index in [0.717, 1.165) is 38.8 Å². The summed E-state index contributed by atoms with van der Waals surface area (Å²) in [6.07, 6.45) is 5.39. The minimum Gasteiger partial charge on any atom is -0.392 e. The van der Waals surface area contributed by atoms with Crippen molar-refractivity contribution >= 4 is 23.1 Å². The Morgan fingerprint density at radius 2 is 2.00 bits per heavy atom. The molecule has 4 nitrogen and oxygen atoms in total. The van der Waals surface area contributed by atoms with Gasteiger partial charge in [-0.05, 0) is 31.1 Å². The molecule has 114 valence electrons. The van der Waals surface area contributed by atoms with Gasteiger partial charge in [0.25, 0.3) is 0 Å². The Morgan fingerprint density at radius 3 is 2.50 bits per heavy atom. The Balaban J connectivity index is 1.78. The molecule has 1 aliphatic carbocycles. The first-order valence-corrected chi connectivity index (χ1v) is 8.10. The van der Waals surface area contributed by atoms with E-state index in [9.17, 15) is 4.79 Å². The van der Waals surface area contributed by atoms with Gasteiger partial charge in [-0.15, -0.1) is 0 Å². The van der Waals surface area contributed by atoms with Crippen LogP contribution in [0.15, 0.2) is 0 Å². The molecule has 20 heavy (non-hydrogen) atoms. The molecule has 1 unspecified atom stereocenters. The molecule has 1 heterocycles. The van der Waals surface area contributed by atoms with E-state index in [-0.39, 0.29) is 17.2 Å². The molecule has 0 aromatic rings. The Labute approximate surface area is 127 Å². The third-order valence-electron chi connectivity index (χ3n) is 4.89. The maximum Gasteiger partial charge on any atom is 0.223 e. The molecule has 0 aromatic carbocycles. The molecule has 0 spiro atoms. The Hall–Kier alpha value is -0.680. The van der Waals surface area contributed by atoms with E-state index in [4.69, 9.17) is 18.0 Å². The fourth-order valence-corrected chi connectivity index (χ4v) is 3.75. The van der Waals surface area contributed by atoms with Crippen molar-refractivity contribution in [3.8, 4) is 0 Å². The molecule has 0 bridgehead atoms. The minimum absolute atomic E-state index is 0.163. The van der Waals surface area contributed by atoms with Crippen molar-refractivity contribution in [1.82, 2.24) is 10.2 Å². The number of amides is 1. The van der Waals surface area contributed by atoms with Crippen molar-refractivity contribution in [1.29, 1.82) is 0 Å². The predicted octanol–water partition coefficient (Wildman–Crippen LogP) is 1.68. The fraction of sp³-hybridized carbons (Fsp3) is 0.867. The minimum atomic E-state index is 0.163. The molecule has 5 heteroatoms. The third-order valence-corrected chi connectivity index (χ3v) is 5.02. The molecule has 1 aliphatic heterocycles. The molecule has 2 rings (SSSR count). The van der Waals surface area contributed by atoms with Crippen molar-refractivity contribution in [3.05, 3.63) is 0 Å². The summed E-state index contributed by atoms with van der Waals surface area (Å²) < 4.78 is 0. The van der Waals surface area contributed by atoms with Gasteiger partial charge in [0, 0.05) is 31.6 Å². The number of likely N-dealkylation sites (tertiary alicyclic amines) is 1. The van der Waals surface area contributed by atoms with Crippen LogP contribution in [0.4, 0.5) is 0 Å². The van der Waals surface area contributed by atoms with Crippen LogP contribution in [0.1, 0.15) is 46.0 Å². The van der Waals surface area contributed by atoms with Crippen molar-refractivity contribution in [2.75, 3.05) is 19.6 Å². The van der Waals surface area contributed by atoms with Crippen molar-refractivity contribution < 1.29 is 4.79 Å². The van der Waals surface area contributed by atoms with Gasteiger partial charge in [-0.1, -0.05) is 32.5 Å². The van der Waals surface area contributed by atoms with E-state index >= 15 is 0 Å². The highest BCUT2D eigenvalue weighted by molar-refractivity contribution is 7.80. The summed E-state index contributed by atoms with van der Waals surface area (Å²) >= 11 is 4.94. The van der Waals surface area contributed by atoms with Crippen LogP contribution in [0.25, 0.3) is 0 Å². The highest BCUT2D eigenvalue weighted by atomic mass is 32.1. The average Bonchev–Trinajstić information content (AvgIpc) is 2.71. The van der Waals surface area contributed by atoms with Crippen LogP contribution < -0.4 is 11.1 Å². The normalized spacial score (nSPS) is 27.4. The van der Waals surface area contributed by atoms with Crippen molar-refractivity contribution in [3.63, 3.8) is 0 Å². The number of piperidine rings is 1. The standard InChI is InChI=1S/C15H27N3OS/c1-15(2)7-3-4-12(15)14(19)17-11-5-8-18(9-6-11)10-13(16)20/h11-12H,3-10H2,1-2H3,(H2,16,20)(H,17,19). The first-order valence-electron chi connectivity index (χ1n) is 7.69. The van der Waals surface area contributed by atoms with Crippen LogP contribution in [0.2, 0.25) is 0 Å². The lowest BCUT2D eigenvalue weighted by atomic mass is 9.81. The lowest BCUT2D eigenvalue weighted by Crippen LogP contribution is -2.48. The molecule has 0 radical (unpaired) electrons. The second-order valence-corrected chi connectivity index (χ2v) is 7.48. The first kappa shape index (κ1) is 15.7. The predicted molar refractivity (Wildman–Crippen MR) is 85.5 cm³/mol. The average molecular weight is 297 g/mol. The van der Waals surface area contributed by atoms with Crippen LogP contribution in [0, 0.1) is 11.3 Å². The van der Waals surface area contributed by atoms with Crippen LogP contribution in [-0.2, 0) is 4.79 Å². The van der Waals surface area contributed by atoms with Gasteiger partial charge in [0.05, 0.1) is 4.99 Å². The lowest BCUT2D eigenvalue weighted by molar-refractivity contribution is -0.128. The summed E-state index contributed by atoms with van der Waals surface area (Å²) in [4.78, 5) is 15.2. The number of hydrogen-bond acceptors (Lipinski definition) is 3. The first-order chi connectivity index (χ1) is 9.38. The Kier molecular flexibility index (Phi) is 5.02. The van der Waals surface area contributed by atoms with Gasteiger partial charge in [0.1, 0.15) is 0 Å². The second kappa shape index (κ2) is 6.39. The number of carbonyl (C=O) groups is 1. The van der Waals surface area contributed by atoms with Crippen LogP contribution >= 0.6 is 12.2 Å². The van der Waals surface area contributed by atoms with Crippen LogP contribution in [-0.4, -0.2) is 41.5 Å². The summed E-state index contributed by atoms with van der Waals surface area (Å²) in [5.74, 6) is 0.456. The highest BCUT2D eigenvalue weighted by Gasteiger charge is 2.39. The zero-order chi connectivity index (χ0) is 14.8. The molecule has 1 amide bonds. The largest absolute Gasteiger partial charge is 0.392 e. The van der Waals surface area contributed by atoms with Gasteiger partial charge in [-0.3, -0.25) is 9.69 Å². The summed E-state index contributed by atoms with van der Waals surface area (Å²) in [6, 6.07) is 0.321. The van der Waals surface area contributed by atoms with E-state index in [1.54, 1.807) is 0 Å². The maximum absolute atomic E-state index is 12.4. The van der Waals surface area contributed by atoms with Gasteiger partial charge in [-0.25, -0.2) is 0 Å². The highest BCUT2D eigenvalue weighted by Crippen LogP contribution is 2.42. The van der Waals surface area contributed by atoms with Gasteiger partial charge in [0.15, 0.2) is 0 Å². The van der Waals surface area contributed by atoms with E-state index in [1.165, 1.54) is 6.42 Å². The van der Waals surface area contributed by atoms with E-state index in [1.807, 2.05) is 0 Å². The summed E-state index contributed by atoms with van der Waals surface area (Å²) in [5.41, 5.74) is 5.73. The van der Waals surface area contributed by atoms with Gasteiger partial charge >= 0.3 is 0 Å². The topological polar surface area (TPSA) is 58.4 Å². The smallest absolute Gasteiger partial charge is 0.223 e. The Bertz CT molecular complexity index is 375. The summed E-state index contributed by atoms with van der Waals surface area (Å²) in [7, 11) is 0. The molecular formula is C15H27N3OS. The number of rotatable bonds is 4. The molecule has 2 fully saturated rings. The fourth-order valence-electron chi connectivity index (χ4n) is 3.57. The molecule has 1 saturated carbocycles. The monoisotopic (exact) mass is 297 g/mol. The molecule has 1 atom stereocenters. The van der Waals surface area contributed by atoms with E-state index in [2.05, 4.69) is 24.1 Å². The molecule has 2 aliphatic rings. The lowest BCUT2D eigenvalue weighted by Gasteiger charge is -2.34. The number of carbonyl (C=O) groups excluding carboxylic acids is 1. The van der Waals surface area contributed by atoms with Gasteiger partial charge in [0.2, 0.25) is 5.91 Å². The van der Waals surface area contributed by atoms with E-state index < -0.39 is 0 Å².